The summed E-state index contributed by atoms with van der Waals surface area (Å²) in [4.78, 5) is 2.48. The molecule has 0 bridgehead atoms. The first-order valence-electron chi connectivity index (χ1n) is 28.2. The fourth-order valence-corrected chi connectivity index (χ4v) is 13.8. The third-order valence-corrected chi connectivity index (χ3v) is 17.8. The number of hydrogen-bond acceptors (Lipinski definition) is 3. The summed E-state index contributed by atoms with van der Waals surface area (Å²) >= 11 is 0. The second-order valence-electron chi connectivity index (χ2n) is 23.2. The SMILES string of the molecule is CC1(C)c2cc(N(c3cccc(-c4ccccc4)c3)c3ccc4c(c3)C(C)(C)c3cc(-c5cccc(-c6ccccc6)c5)c5oc6ccccc6c5c3-4)ccc2-c2c1cc(-c1cccc(-c3ccccc3)c1)c1oc3ccccc3c21. The molecule has 0 amide bonds. The lowest BCUT2D eigenvalue weighted by molar-refractivity contribution is 0.657. The summed E-state index contributed by atoms with van der Waals surface area (Å²) in [6.07, 6.45) is 0. The summed E-state index contributed by atoms with van der Waals surface area (Å²) in [7, 11) is 0. The topological polar surface area (TPSA) is 29.5 Å². The molecule has 2 aliphatic carbocycles. The molecule has 3 heteroatoms. The third kappa shape index (κ3) is 7.21. The van der Waals surface area contributed by atoms with Gasteiger partial charge in [0.2, 0.25) is 0 Å². The molecule has 0 N–H and O–H groups in total. The van der Waals surface area contributed by atoms with Crippen LogP contribution in [0.4, 0.5) is 17.1 Å². The summed E-state index contributed by atoms with van der Waals surface area (Å²) in [6.45, 7) is 9.62. The zero-order valence-corrected chi connectivity index (χ0v) is 45.6. The first kappa shape index (κ1) is 47.1. The molecular formula is C78H55NO2. The molecule has 0 saturated carbocycles. The van der Waals surface area contributed by atoms with Gasteiger partial charge in [-0.1, -0.05) is 216 Å². The quantitative estimate of drug-likeness (QED) is 0.152. The van der Waals surface area contributed by atoms with E-state index in [1.165, 1.54) is 83.1 Å². The third-order valence-electron chi connectivity index (χ3n) is 17.8. The molecule has 3 nitrogen and oxygen atoms in total. The van der Waals surface area contributed by atoms with Crippen LogP contribution in [0.1, 0.15) is 49.9 Å². The first-order chi connectivity index (χ1) is 39.7. The lowest BCUT2D eigenvalue weighted by Crippen LogP contribution is -2.18. The van der Waals surface area contributed by atoms with Gasteiger partial charge in [0, 0.05) is 60.6 Å². The minimum atomic E-state index is -0.366. The van der Waals surface area contributed by atoms with E-state index in [4.69, 9.17) is 8.83 Å². The maximum atomic E-state index is 6.97. The maximum Gasteiger partial charge on any atom is 0.143 e. The molecule has 0 spiro atoms. The van der Waals surface area contributed by atoms with Crippen molar-refractivity contribution in [3.05, 3.63) is 283 Å². The van der Waals surface area contributed by atoms with E-state index < -0.39 is 0 Å². The lowest BCUT2D eigenvalue weighted by Gasteiger charge is -2.30. The molecule has 12 aromatic carbocycles. The van der Waals surface area contributed by atoms with E-state index in [9.17, 15) is 0 Å². The van der Waals surface area contributed by atoms with Gasteiger partial charge < -0.3 is 13.7 Å². The van der Waals surface area contributed by atoms with E-state index in [1.807, 2.05) is 0 Å². The second-order valence-corrected chi connectivity index (χ2v) is 23.2. The van der Waals surface area contributed by atoms with E-state index in [-0.39, 0.29) is 10.8 Å². The largest absolute Gasteiger partial charge is 0.455 e. The van der Waals surface area contributed by atoms with Gasteiger partial charge in [-0.2, -0.15) is 0 Å². The van der Waals surface area contributed by atoms with Crippen LogP contribution in [0.5, 0.6) is 0 Å². The Balaban J connectivity index is 0.880. The van der Waals surface area contributed by atoms with Crippen molar-refractivity contribution in [2.75, 3.05) is 4.90 Å². The summed E-state index contributed by atoms with van der Waals surface area (Å²) in [6, 6.07) is 95.3. The molecule has 0 radical (unpaired) electrons. The molecule has 0 fully saturated rings. The Kier molecular flexibility index (Phi) is 10.3. The van der Waals surface area contributed by atoms with Gasteiger partial charge in [-0.15, -0.1) is 0 Å². The standard InChI is InChI=1S/C78H55NO2/c1-77(2)65-44-57(37-39-59(65)71-67(77)46-63(75-73(71)61-33-14-16-35-69(61)80-75)54-30-18-27-51(41-54)48-21-8-5-9-22-48)79(56-32-20-29-53(43-56)50-25-12-7-13-26-50)58-38-40-60-66(45-58)78(3,4)68-47-64(55-31-19-28-52(42-55)49-23-10-6-11-24-49)76-74(72(60)68)62-34-15-17-36-70(62)81-76/h5-47H,1-4H3. The summed E-state index contributed by atoms with van der Waals surface area (Å²) in [5, 5.41) is 4.60. The number of anilines is 3. The monoisotopic (exact) mass is 1040 g/mol. The van der Waals surface area contributed by atoms with E-state index in [1.54, 1.807) is 0 Å². The highest BCUT2D eigenvalue weighted by molar-refractivity contribution is 6.20. The molecule has 0 atom stereocenters. The number of furan rings is 2. The van der Waals surface area contributed by atoms with Crippen LogP contribution in [-0.4, -0.2) is 0 Å². The number of para-hydroxylation sites is 2. The molecular weight excluding hydrogens is 983 g/mol. The summed E-state index contributed by atoms with van der Waals surface area (Å²) in [5.41, 5.74) is 27.9. The van der Waals surface area contributed by atoms with Gasteiger partial charge in [0.05, 0.1) is 0 Å². The van der Waals surface area contributed by atoms with Gasteiger partial charge in [0.1, 0.15) is 22.3 Å². The second kappa shape index (κ2) is 17.8. The van der Waals surface area contributed by atoms with E-state index >= 15 is 0 Å². The Morgan fingerprint density at radius 2 is 0.630 bits per heavy atom. The van der Waals surface area contributed by atoms with Gasteiger partial charge in [-0.05, 0) is 162 Å². The van der Waals surface area contributed by atoms with Crippen LogP contribution in [0.3, 0.4) is 0 Å². The Hall–Kier alpha value is -9.96. The Bertz CT molecular complexity index is 4600. The highest BCUT2D eigenvalue weighted by Crippen LogP contribution is 2.59. The van der Waals surface area contributed by atoms with Crippen molar-refractivity contribution in [2.45, 2.75) is 38.5 Å². The first-order valence-corrected chi connectivity index (χ1v) is 28.2. The average molecular weight is 1040 g/mol. The van der Waals surface area contributed by atoms with Gasteiger partial charge >= 0.3 is 0 Å². The molecule has 16 rings (SSSR count). The van der Waals surface area contributed by atoms with Crippen molar-refractivity contribution in [3.8, 4) is 77.9 Å². The molecule has 2 heterocycles. The number of fused-ring (bicyclic) bond motifs is 14. The number of nitrogens with zero attached hydrogens (tertiary/aromatic N) is 1. The van der Waals surface area contributed by atoms with E-state index in [2.05, 4.69) is 293 Å². The van der Waals surface area contributed by atoms with Crippen LogP contribution in [0, 0.1) is 0 Å². The van der Waals surface area contributed by atoms with E-state index in [0.717, 1.165) is 78.0 Å². The number of rotatable bonds is 8. The van der Waals surface area contributed by atoms with Crippen LogP contribution in [0.25, 0.3) is 122 Å². The molecule has 0 saturated heterocycles. The van der Waals surface area contributed by atoms with Crippen molar-refractivity contribution in [1.29, 1.82) is 0 Å². The van der Waals surface area contributed by atoms with Crippen molar-refractivity contribution in [1.82, 2.24) is 0 Å². The van der Waals surface area contributed by atoms with Gasteiger partial charge in [-0.3, -0.25) is 0 Å². The highest BCUT2D eigenvalue weighted by Gasteiger charge is 2.41. The lowest BCUT2D eigenvalue weighted by atomic mass is 9.80. The molecule has 2 aliphatic rings. The predicted molar refractivity (Wildman–Crippen MR) is 338 cm³/mol. The van der Waals surface area contributed by atoms with Gasteiger partial charge in [0.25, 0.3) is 0 Å². The smallest absolute Gasteiger partial charge is 0.143 e. The maximum absolute atomic E-state index is 6.97. The van der Waals surface area contributed by atoms with Crippen molar-refractivity contribution in [2.24, 2.45) is 0 Å². The van der Waals surface area contributed by atoms with E-state index in [0.29, 0.717) is 0 Å². The Labute approximate surface area is 471 Å². The molecule has 2 aromatic heterocycles. The predicted octanol–water partition coefficient (Wildman–Crippen LogP) is 21.9. The van der Waals surface area contributed by atoms with Crippen molar-refractivity contribution >= 4 is 60.9 Å². The van der Waals surface area contributed by atoms with Crippen LogP contribution in [0.2, 0.25) is 0 Å². The van der Waals surface area contributed by atoms with Crippen molar-refractivity contribution in [3.63, 3.8) is 0 Å². The minimum absolute atomic E-state index is 0.366. The molecule has 81 heavy (non-hydrogen) atoms. The highest BCUT2D eigenvalue weighted by atomic mass is 16.3. The molecule has 0 unspecified atom stereocenters. The zero-order valence-electron chi connectivity index (χ0n) is 45.6. The van der Waals surface area contributed by atoms with Crippen LogP contribution in [-0.2, 0) is 10.8 Å². The van der Waals surface area contributed by atoms with Crippen LogP contribution < -0.4 is 4.90 Å². The minimum Gasteiger partial charge on any atom is -0.455 e. The average Bonchev–Trinajstić information content (AvgIpc) is 4.30. The molecule has 14 aromatic rings. The van der Waals surface area contributed by atoms with Crippen LogP contribution >= 0.6 is 0 Å². The van der Waals surface area contributed by atoms with Crippen LogP contribution in [0.15, 0.2) is 270 Å². The zero-order chi connectivity index (χ0) is 54.1. The molecule has 384 valence electrons. The summed E-state index contributed by atoms with van der Waals surface area (Å²) in [5.74, 6) is 0. The molecule has 0 aliphatic heterocycles. The Morgan fingerprint density at radius 3 is 1.07 bits per heavy atom. The van der Waals surface area contributed by atoms with Gasteiger partial charge in [0.15, 0.2) is 0 Å². The number of benzene rings is 12. The number of hydrogen-bond donors (Lipinski definition) is 0. The Morgan fingerprint density at radius 1 is 0.272 bits per heavy atom. The van der Waals surface area contributed by atoms with Crippen molar-refractivity contribution < 1.29 is 8.83 Å². The summed E-state index contributed by atoms with van der Waals surface area (Å²) < 4.78 is 13.9. The fourth-order valence-electron chi connectivity index (χ4n) is 13.8. The van der Waals surface area contributed by atoms with Gasteiger partial charge in [-0.25, -0.2) is 0 Å². The fraction of sp³-hybridized carbons (Fsp3) is 0.0769. The normalized spacial score (nSPS) is 13.6.